The van der Waals surface area contributed by atoms with Crippen molar-refractivity contribution in [3.8, 4) is 0 Å². The minimum Gasteiger partial charge on any atom is -0.314 e. The van der Waals surface area contributed by atoms with E-state index < -0.39 is 0 Å². The van der Waals surface area contributed by atoms with Crippen LogP contribution in [0.5, 0.6) is 0 Å². The molecule has 0 amide bonds. The molecule has 1 N–H and O–H groups in total. The molecule has 0 bridgehead atoms. The molecule has 1 fully saturated rings. The number of nitrogens with one attached hydrogen (secondary N) is 1. The second-order valence-corrected chi connectivity index (χ2v) is 7.12. The third kappa shape index (κ3) is 5.57. The average molecular weight is 294 g/mol. The molecular weight excluding hydrogens is 262 g/mol. The van der Waals surface area contributed by atoms with Crippen molar-refractivity contribution < 1.29 is 0 Å². The van der Waals surface area contributed by atoms with E-state index >= 15 is 0 Å². The first-order valence-corrected chi connectivity index (χ1v) is 9.59. The highest BCUT2D eigenvalue weighted by molar-refractivity contribution is 7.07. The van der Waals surface area contributed by atoms with Gasteiger partial charge in [0.15, 0.2) is 0 Å². The van der Waals surface area contributed by atoms with Gasteiger partial charge in [0.25, 0.3) is 0 Å². The zero-order valence-electron chi connectivity index (χ0n) is 13.1. The molecule has 1 atom stereocenters. The quantitative estimate of drug-likeness (QED) is 0.709. The predicted molar refractivity (Wildman–Crippen MR) is 90.5 cm³/mol. The molecule has 1 saturated carbocycles. The first kappa shape index (κ1) is 16.0. The van der Waals surface area contributed by atoms with Crippen molar-refractivity contribution in [3.63, 3.8) is 0 Å². The Hall–Kier alpha value is -0.340. The number of hydrogen-bond donors (Lipinski definition) is 1. The first-order valence-electron chi connectivity index (χ1n) is 8.64. The fraction of sp³-hybridized carbons (Fsp3) is 0.778. The summed E-state index contributed by atoms with van der Waals surface area (Å²) in [6.07, 6.45) is 14.0. The Kier molecular flexibility index (Phi) is 7.67. The van der Waals surface area contributed by atoms with Crippen LogP contribution >= 0.6 is 11.3 Å². The lowest BCUT2D eigenvalue weighted by atomic mass is 9.83. The van der Waals surface area contributed by atoms with E-state index in [0.29, 0.717) is 0 Å². The Morgan fingerprint density at radius 2 is 1.95 bits per heavy atom. The SMILES string of the molecule is CCCNC(CCc1ccsc1)C1CCCCCCC1. The third-order valence-corrected chi connectivity index (χ3v) is 5.43. The molecule has 114 valence electrons. The highest BCUT2D eigenvalue weighted by atomic mass is 32.1. The van der Waals surface area contributed by atoms with Gasteiger partial charge in [-0.15, -0.1) is 0 Å². The van der Waals surface area contributed by atoms with E-state index in [1.165, 1.54) is 76.3 Å². The van der Waals surface area contributed by atoms with Crippen molar-refractivity contribution in [3.05, 3.63) is 22.4 Å². The van der Waals surface area contributed by atoms with Gasteiger partial charge in [0, 0.05) is 6.04 Å². The molecule has 1 unspecified atom stereocenters. The molecule has 1 aromatic rings. The molecule has 1 aromatic heterocycles. The second-order valence-electron chi connectivity index (χ2n) is 6.34. The van der Waals surface area contributed by atoms with Gasteiger partial charge in [0.2, 0.25) is 0 Å². The summed E-state index contributed by atoms with van der Waals surface area (Å²) in [5.74, 6) is 0.917. The molecule has 0 saturated heterocycles. The van der Waals surface area contributed by atoms with Crippen LogP contribution in [0.2, 0.25) is 0 Å². The van der Waals surface area contributed by atoms with Crippen molar-refractivity contribution in [1.82, 2.24) is 5.32 Å². The van der Waals surface area contributed by atoms with Crippen molar-refractivity contribution in [1.29, 1.82) is 0 Å². The van der Waals surface area contributed by atoms with Gasteiger partial charge in [-0.3, -0.25) is 0 Å². The fourth-order valence-corrected chi connectivity index (χ4v) is 4.18. The van der Waals surface area contributed by atoms with Crippen LogP contribution in [0, 0.1) is 5.92 Å². The number of thiophene rings is 1. The highest BCUT2D eigenvalue weighted by Crippen LogP contribution is 2.27. The molecule has 1 heterocycles. The van der Waals surface area contributed by atoms with E-state index in [4.69, 9.17) is 0 Å². The second kappa shape index (κ2) is 9.57. The highest BCUT2D eigenvalue weighted by Gasteiger charge is 2.21. The first-order chi connectivity index (χ1) is 9.90. The fourth-order valence-electron chi connectivity index (χ4n) is 3.48. The molecule has 0 aliphatic heterocycles. The number of hydrogen-bond acceptors (Lipinski definition) is 2. The van der Waals surface area contributed by atoms with Crippen LogP contribution in [0.1, 0.15) is 70.3 Å². The van der Waals surface area contributed by atoms with E-state index in [-0.39, 0.29) is 0 Å². The average Bonchev–Trinajstić information content (AvgIpc) is 2.93. The summed E-state index contributed by atoms with van der Waals surface area (Å²) in [6.45, 7) is 3.46. The summed E-state index contributed by atoms with van der Waals surface area (Å²) in [6, 6.07) is 3.03. The molecule has 1 aliphatic rings. The van der Waals surface area contributed by atoms with Crippen LogP contribution in [-0.4, -0.2) is 12.6 Å². The van der Waals surface area contributed by atoms with Gasteiger partial charge in [-0.25, -0.2) is 0 Å². The van der Waals surface area contributed by atoms with Gasteiger partial charge in [0.05, 0.1) is 0 Å². The van der Waals surface area contributed by atoms with Crippen molar-refractivity contribution in [2.75, 3.05) is 6.54 Å². The molecule has 0 spiro atoms. The maximum absolute atomic E-state index is 3.85. The Balaban J connectivity index is 1.86. The summed E-state index contributed by atoms with van der Waals surface area (Å²) in [5, 5.41) is 8.38. The van der Waals surface area contributed by atoms with Gasteiger partial charge < -0.3 is 5.32 Å². The Bertz CT molecular complexity index is 325. The van der Waals surface area contributed by atoms with E-state index in [9.17, 15) is 0 Å². The summed E-state index contributed by atoms with van der Waals surface area (Å²) in [7, 11) is 0. The van der Waals surface area contributed by atoms with Crippen LogP contribution in [0.3, 0.4) is 0 Å². The van der Waals surface area contributed by atoms with Gasteiger partial charge >= 0.3 is 0 Å². The van der Waals surface area contributed by atoms with E-state index in [1.54, 1.807) is 0 Å². The summed E-state index contributed by atoms with van der Waals surface area (Å²) in [5.41, 5.74) is 1.53. The van der Waals surface area contributed by atoms with Crippen molar-refractivity contribution in [2.45, 2.75) is 77.2 Å². The molecule has 2 heteroatoms. The third-order valence-electron chi connectivity index (χ3n) is 4.70. The molecular formula is C18H31NS. The monoisotopic (exact) mass is 293 g/mol. The van der Waals surface area contributed by atoms with Crippen molar-refractivity contribution >= 4 is 11.3 Å². The normalized spacial score (nSPS) is 19.4. The van der Waals surface area contributed by atoms with E-state index in [2.05, 4.69) is 29.1 Å². The predicted octanol–water partition coefficient (Wildman–Crippen LogP) is 5.41. The van der Waals surface area contributed by atoms with Gasteiger partial charge in [-0.05, 0) is 67.0 Å². The maximum atomic E-state index is 3.85. The van der Waals surface area contributed by atoms with Gasteiger partial charge in [0.1, 0.15) is 0 Å². The van der Waals surface area contributed by atoms with Crippen LogP contribution in [-0.2, 0) is 6.42 Å². The van der Waals surface area contributed by atoms with E-state index in [0.717, 1.165) is 12.0 Å². The lowest BCUT2D eigenvalue weighted by Gasteiger charge is -2.30. The summed E-state index contributed by atoms with van der Waals surface area (Å²) < 4.78 is 0. The summed E-state index contributed by atoms with van der Waals surface area (Å²) >= 11 is 1.83. The minimum absolute atomic E-state index is 0.743. The minimum atomic E-state index is 0.743. The zero-order valence-corrected chi connectivity index (χ0v) is 13.9. The molecule has 2 rings (SSSR count). The van der Waals surface area contributed by atoms with Gasteiger partial charge in [-0.1, -0.05) is 39.0 Å². The molecule has 0 radical (unpaired) electrons. The smallest absolute Gasteiger partial charge is 0.00984 e. The molecule has 20 heavy (non-hydrogen) atoms. The Morgan fingerprint density at radius 1 is 1.20 bits per heavy atom. The standard InChI is InChI=1S/C18H31NS/c1-2-13-19-18(11-10-16-12-14-20-15-16)17-8-6-4-3-5-7-9-17/h12,14-15,17-19H,2-11,13H2,1H3. The Morgan fingerprint density at radius 3 is 2.60 bits per heavy atom. The molecule has 0 aromatic carbocycles. The lowest BCUT2D eigenvalue weighted by molar-refractivity contribution is 0.274. The van der Waals surface area contributed by atoms with Crippen molar-refractivity contribution in [2.24, 2.45) is 5.92 Å². The topological polar surface area (TPSA) is 12.0 Å². The van der Waals surface area contributed by atoms with Gasteiger partial charge in [-0.2, -0.15) is 11.3 Å². The maximum Gasteiger partial charge on any atom is 0.00984 e. The lowest BCUT2D eigenvalue weighted by Crippen LogP contribution is -2.37. The summed E-state index contributed by atoms with van der Waals surface area (Å²) in [4.78, 5) is 0. The van der Waals surface area contributed by atoms with Crippen LogP contribution in [0.4, 0.5) is 0 Å². The Labute approximate surface area is 129 Å². The molecule has 1 nitrogen and oxygen atoms in total. The van der Waals surface area contributed by atoms with Crippen LogP contribution in [0.25, 0.3) is 0 Å². The largest absolute Gasteiger partial charge is 0.314 e. The number of aryl methyl sites for hydroxylation is 1. The van der Waals surface area contributed by atoms with Crippen LogP contribution < -0.4 is 5.32 Å². The van der Waals surface area contributed by atoms with E-state index in [1.807, 2.05) is 11.3 Å². The number of rotatable bonds is 7. The molecule has 1 aliphatic carbocycles. The van der Waals surface area contributed by atoms with Crippen LogP contribution in [0.15, 0.2) is 16.8 Å². The zero-order chi connectivity index (χ0) is 14.0.